The fourth-order valence-electron chi connectivity index (χ4n) is 1.37. The molecule has 1 aromatic rings. The number of rotatable bonds is 5. The highest BCUT2D eigenvalue weighted by Gasteiger charge is 2.25. The molecule has 1 aromatic heterocycles. The lowest BCUT2D eigenvalue weighted by molar-refractivity contribution is 0.195. The number of hydrogen-bond donors (Lipinski definition) is 0. The van der Waals surface area contributed by atoms with E-state index >= 15 is 0 Å². The molecule has 0 N–H and O–H groups in total. The molecular formula is C10H15NOS. The maximum absolute atomic E-state index is 5.01. The van der Waals surface area contributed by atoms with Crippen molar-refractivity contribution in [3.05, 3.63) is 16.1 Å². The van der Waals surface area contributed by atoms with Gasteiger partial charge in [0.25, 0.3) is 0 Å². The van der Waals surface area contributed by atoms with E-state index in [1.807, 2.05) is 0 Å². The summed E-state index contributed by atoms with van der Waals surface area (Å²) < 4.78 is 5.01. The van der Waals surface area contributed by atoms with Gasteiger partial charge in [0.1, 0.15) is 0 Å². The number of aryl methyl sites for hydroxylation is 1. The van der Waals surface area contributed by atoms with Crippen LogP contribution in [0.25, 0.3) is 0 Å². The average molecular weight is 197 g/mol. The van der Waals surface area contributed by atoms with Crippen LogP contribution in [0.15, 0.2) is 5.38 Å². The van der Waals surface area contributed by atoms with E-state index in [0.717, 1.165) is 25.4 Å². The second-order valence-electron chi connectivity index (χ2n) is 3.54. The fraction of sp³-hybridized carbons (Fsp3) is 0.700. The van der Waals surface area contributed by atoms with Gasteiger partial charge in [-0.25, -0.2) is 4.98 Å². The second kappa shape index (κ2) is 4.20. The monoisotopic (exact) mass is 197 g/mol. The van der Waals surface area contributed by atoms with Crippen LogP contribution in [0.4, 0.5) is 0 Å². The van der Waals surface area contributed by atoms with E-state index in [9.17, 15) is 0 Å². The molecule has 2 nitrogen and oxygen atoms in total. The van der Waals surface area contributed by atoms with Gasteiger partial charge in [-0.1, -0.05) is 0 Å². The first-order chi connectivity index (χ1) is 6.40. The van der Waals surface area contributed by atoms with E-state index in [1.165, 1.54) is 23.5 Å². The molecule has 1 saturated carbocycles. The summed E-state index contributed by atoms with van der Waals surface area (Å²) in [7, 11) is 1.75. The minimum absolute atomic E-state index is 0.799. The first-order valence-electron chi connectivity index (χ1n) is 4.83. The molecule has 72 valence electrons. The molecule has 1 fully saturated rings. The summed E-state index contributed by atoms with van der Waals surface area (Å²) in [6, 6.07) is 0. The maximum Gasteiger partial charge on any atom is 0.0929 e. The van der Waals surface area contributed by atoms with Crippen LogP contribution in [0.1, 0.15) is 35.9 Å². The predicted molar refractivity (Wildman–Crippen MR) is 54.3 cm³/mol. The van der Waals surface area contributed by atoms with E-state index in [-0.39, 0.29) is 0 Å². The highest BCUT2D eigenvalue weighted by molar-refractivity contribution is 7.09. The Kier molecular flexibility index (Phi) is 2.96. The zero-order valence-electron chi connectivity index (χ0n) is 7.95. The van der Waals surface area contributed by atoms with E-state index in [4.69, 9.17) is 4.74 Å². The van der Waals surface area contributed by atoms with Crippen LogP contribution in [0.5, 0.6) is 0 Å². The second-order valence-corrected chi connectivity index (χ2v) is 4.48. The minimum Gasteiger partial charge on any atom is -0.385 e. The van der Waals surface area contributed by atoms with Crippen LogP contribution in [0.3, 0.4) is 0 Å². The molecule has 1 heterocycles. The molecule has 0 radical (unpaired) electrons. The Morgan fingerprint density at radius 3 is 3.15 bits per heavy atom. The molecule has 0 aliphatic heterocycles. The van der Waals surface area contributed by atoms with Crippen molar-refractivity contribution in [3.63, 3.8) is 0 Å². The number of aromatic nitrogens is 1. The molecule has 0 spiro atoms. The van der Waals surface area contributed by atoms with Crippen molar-refractivity contribution in [2.45, 2.75) is 31.6 Å². The lowest BCUT2D eigenvalue weighted by Crippen LogP contribution is -1.92. The van der Waals surface area contributed by atoms with E-state index in [0.29, 0.717) is 0 Å². The Hall–Kier alpha value is -0.410. The van der Waals surface area contributed by atoms with Crippen LogP contribution in [0.2, 0.25) is 0 Å². The van der Waals surface area contributed by atoms with Crippen LogP contribution in [-0.4, -0.2) is 18.7 Å². The lowest BCUT2D eigenvalue weighted by atomic mass is 10.3. The van der Waals surface area contributed by atoms with Crippen molar-refractivity contribution in [1.82, 2.24) is 4.98 Å². The summed E-state index contributed by atoms with van der Waals surface area (Å²) in [6.07, 6.45) is 4.86. The largest absolute Gasteiger partial charge is 0.385 e. The summed E-state index contributed by atoms with van der Waals surface area (Å²) in [6.45, 7) is 0.846. The smallest absolute Gasteiger partial charge is 0.0929 e. The molecule has 0 bridgehead atoms. The van der Waals surface area contributed by atoms with Gasteiger partial charge in [0, 0.05) is 31.4 Å². The van der Waals surface area contributed by atoms with Crippen molar-refractivity contribution in [2.24, 2.45) is 0 Å². The number of hydrogen-bond acceptors (Lipinski definition) is 3. The maximum atomic E-state index is 5.01. The van der Waals surface area contributed by atoms with Crippen LogP contribution in [0, 0.1) is 0 Å². The highest BCUT2D eigenvalue weighted by atomic mass is 32.1. The molecule has 0 amide bonds. The molecule has 0 unspecified atom stereocenters. The first kappa shape index (κ1) is 9.16. The van der Waals surface area contributed by atoms with Gasteiger partial charge in [0.05, 0.1) is 10.7 Å². The third-order valence-corrected chi connectivity index (χ3v) is 3.23. The zero-order chi connectivity index (χ0) is 9.10. The number of ether oxygens (including phenoxy) is 1. The van der Waals surface area contributed by atoms with Crippen molar-refractivity contribution in [1.29, 1.82) is 0 Å². The normalized spacial score (nSPS) is 16.4. The van der Waals surface area contributed by atoms with Crippen LogP contribution >= 0.6 is 11.3 Å². The molecule has 0 saturated heterocycles. The molecule has 0 atom stereocenters. The van der Waals surface area contributed by atoms with Gasteiger partial charge in [-0.05, 0) is 19.3 Å². The van der Waals surface area contributed by atoms with Gasteiger partial charge < -0.3 is 4.74 Å². The molecule has 0 aromatic carbocycles. The summed E-state index contributed by atoms with van der Waals surface area (Å²) in [4.78, 5) is 4.61. The van der Waals surface area contributed by atoms with Gasteiger partial charge in [0.15, 0.2) is 0 Å². The Labute approximate surface area is 83.0 Å². The quantitative estimate of drug-likeness (QED) is 0.677. The first-order valence-corrected chi connectivity index (χ1v) is 5.71. The Bertz CT molecular complexity index is 268. The van der Waals surface area contributed by atoms with Crippen molar-refractivity contribution < 1.29 is 4.74 Å². The summed E-state index contributed by atoms with van der Waals surface area (Å²) in [5.41, 5.74) is 1.33. The van der Waals surface area contributed by atoms with Gasteiger partial charge in [-0.15, -0.1) is 11.3 Å². The summed E-state index contributed by atoms with van der Waals surface area (Å²) in [5.74, 6) is 0.799. The van der Waals surface area contributed by atoms with Crippen LogP contribution < -0.4 is 0 Å². The van der Waals surface area contributed by atoms with Gasteiger partial charge >= 0.3 is 0 Å². The zero-order valence-corrected chi connectivity index (χ0v) is 8.77. The van der Waals surface area contributed by atoms with E-state index in [2.05, 4.69) is 10.4 Å². The van der Waals surface area contributed by atoms with Gasteiger partial charge in [-0.2, -0.15) is 0 Å². The SMILES string of the molecule is COCCCc1nc(C2CC2)cs1. The molecular weight excluding hydrogens is 182 g/mol. The Balaban J connectivity index is 1.82. The molecule has 1 aliphatic carbocycles. The number of methoxy groups -OCH3 is 1. The van der Waals surface area contributed by atoms with E-state index in [1.54, 1.807) is 18.4 Å². The van der Waals surface area contributed by atoms with Crippen molar-refractivity contribution >= 4 is 11.3 Å². The molecule has 1 aliphatic rings. The number of nitrogens with zero attached hydrogens (tertiary/aromatic N) is 1. The predicted octanol–water partition coefficient (Wildman–Crippen LogP) is 2.60. The lowest BCUT2D eigenvalue weighted by Gasteiger charge is -1.95. The minimum atomic E-state index is 0.799. The Morgan fingerprint density at radius 1 is 1.62 bits per heavy atom. The summed E-state index contributed by atoms with van der Waals surface area (Å²) >= 11 is 1.80. The molecule has 2 rings (SSSR count). The summed E-state index contributed by atoms with van der Waals surface area (Å²) in [5, 5.41) is 3.50. The topological polar surface area (TPSA) is 22.1 Å². The Morgan fingerprint density at radius 2 is 2.46 bits per heavy atom. The van der Waals surface area contributed by atoms with Gasteiger partial charge in [-0.3, -0.25) is 0 Å². The van der Waals surface area contributed by atoms with Crippen molar-refractivity contribution in [2.75, 3.05) is 13.7 Å². The third-order valence-electron chi connectivity index (χ3n) is 2.30. The average Bonchev–Trinajstić information content (AvgIpc) is 2.88. The van der Waals surface area contributed by atoms with Crippen molar-refractivity contribution in [3.8, 4) is 0 Å². The highest BCUT2D eigenvalue weighted by Crippen LogP contribution is 2.40. The fourth-order valence-corrected chi connectivity index (χ4v) is 2.30. The standard InChI is InChI=1S/C10H15NOS/c1-12-6-2-3-10-11-9(7-13-10)8-4-5-8/h7-8H,2-6H2,1H3. The van der Waals surface area contributed by atoms with E-state index < -0.39 is 0 Å². The van der Waals surface area contributed by atoms with Gasteiger partial charge in [0.2, 0.25) is 0 Å². The third kappa shape index (κ3) is 2.51. The van der Waals surface area contributed by atoms with Crippen LogP contribution in [-0.2, 0) is 11.2 Å². The number of thiazole rings is 1. The molecule has 3 heteroatoms. The molecule has 13 heavy (non-hydrogen) atoms.